The lowest BCUT2D eigenvalue weighted by Gasteiger charge is -2.17. The highest BCUT2D eigenvalue weighted by Gasteiger charge is 2.05. The van der Waals surface area contributed by atoms with E-state index in [0.29, 0.717) is 6.54 Å². The second-order valence-corrected chi connectivity index (χ2v) is 3.79. The van der Waals surface area contributed by atoms with Crippen molar-refractivity contribution in [3.05, 3.63) is 17.5 Å². The third-order valence-electron chi connectivity index (χ3n) is 2.48. The Morgan fingerprint density at radius 3 is 2.87 bits per heavy atom. The van der Waals surface area contributed by atoms with Crippen molar-refractivity contribution < 1.29 is 0 Å². The predicted molar refractivity (Wildman–Crippen MR) is 62.6 cm³/mol. The predicted octanol–water partition coefficient (Wildman–Crippen LogP) is 1.14. The zero-order valence-corrected chi connectivity index (χ0v) is 9.79. The molecule has 1 aromatic rings. The number of hydrogen-bond donors (Lipinski definition) is 2. The van der Waals surface area contributed by atoms with Gasteiger partial charge >= 0.3 is 0 Å². The van der Waals surface area contributed by atoms with Crippen LogP contribution < -0.4 is 5.73 Å². The minimum atomic E-state index is 0.712. The molecule has 0 radical (unpaired) electrons. The van der Waals surface area contributed by atoms with E-state index in [2.05, 4.69) is 35.0 Å². The Kier molecular flexibility index (Phi) is 5.36. The van der Waals surface area contributed by atoms with E-state index >= 15 is 0 Å². The third-order valence-corrected chi connectivity index (χ3v) is 2.48. The van der Waals surface area contributed by atoms with Gasteiger partial charge < -0.3 is 5.73 Å². The minimum Gasteiger partial charge on any atom is -0.329 e. The lowest BCUT2D eigenvalue weighted by Crippen LogP contribution is -2.28. The first-order chi connectivity index (χ1) is 7.30. The molecule has 0 aliphatic rings. The van der Waals surface area contributed by atoms with Gasteiger partial charge in [0.15, 0.2) is 0 Å². The van der Waals surface area contributed by atoms with Crippen molar-refractivity contribution >= 4 is 0 Å². The maximum atomic E-state index is 5.54. The van der Waals surface area contributed by atoms with E-state index in [4.69, 9.17) is 5.73 Å². The number of aromatic amines is 1. The van der Waals surface area contributed by atoms with Crippen molar-refractivity contribution in [2.75, 3.05) is 19.6 Å². The SMILES string of the molecule is CCCc1cc(CN(CC)CCN)[nH]n1. The maximum Gasteiger partial charge on any atom is 0.0625 e. The zero-order valence-electron chi connectivity index (χ0n) is 9.79. The summed E-state index contributed by atoms with van der Waals surface area (Å²) in [5.41, 5.74) is 7.90. The summed E-state index contributed by atoms with van der Waals surface area (Å²) in [6.45, 7) is 7.92. The normalized spacial score (nSPS) is 11.2. The number of hydrogen-bond acceptors (Lipinski definition) is 3. The summed E-state index contributed by atoms with van der Waals surface area (Å²) in [4.78, 5) is 2.31. The van der Waals surface area contributed by atoms with Crippen molar-refractivity contribution in [3.63, 3.8) is 0 Å². The van der Waals surface area contributed by atoms with Crippen LogP contribution in [0.5, 0.6) is 0 Å². The minimum absolute atomic E-state index is 0.712. The van der Waals surface area contributed by atoms with E-state index < -0.39 is 0 Å². The van der Waals surface area contributed by atoms with Crippen molar-refractivity contribution in [3.8, 4) is 0 Å². The van der Waals surface area contributed by atoms with Crippen LogP contribution in [0.4, 0.5) is 0 Å². The summed E-state index contributed by atoms with van der Waals surface area (Å²) in [6, 6.07) is 2.16. The number of nitrogens with two attached hydrogens (primary N) is 1. The Morgan fingerprint density at radius 2 is 2.27 bits per heavy atom. The molecule has 1 aromatic heterocycles. The van der Waals surface area contributed by atoms with Gasteiger partial charge in [-0.15, -0.1) is 0 Å². The molecule has 1 heterocycles. The average molecular weight is 210 g/mol. The molecule has 86 valence electrons. The summed E-state index contributed by atoms with van der Waals surface area (Å²) in [6.07, 6.45) is 2.20. The second kappa shape index (κ2) is 6.58. The quantitative estimate of drug-likeness (QED) is 0.709. The van der Waals surface area contributed by atoms with Gasteiger partial charge in [0.2, 0.25) is 0 Å². The van der Waals surface area contributed by atoms with Crippen molar-refractivity contribution in [1.82, 2.24) is 15.1 Å². The molecule has 0 aliphatic heterocycles. The molecule has 1 rings (SSSR count). The van der Waals surface area contributed by atoms with Crippen LogP contribution in [0.25, 0.3) is 0 Å². The molecular weight excluding hydrogens is 188 g/mol. The maximum absolute atomic E-state index is 5.54. The van der Waals surface area contributed by atoms with Gasteiger partial charge in [0.25, 0.3) is 0 Å². The number of nitrogens with one attached hydrogen (secondary N) is 1. The lowest BCUT2D eigenvalue weighted by molar-refractivity contribution is 0.284. The van der Waals surface area contributed by atoms with E-state index in [1.54, 1.807) is 0 Å². The van der Waals surface area contributed by atoms with Gasteiger partial charge in [-0.1, -0.05) is 20.3 Å². The Labute approximate surface area is 91.8 Å². The van der Waals surface area contributed by atoms with E-state index in [-0.39, 0.29) is 0 Å². The van der Waals surface area contributed by atoms with Crippen LogP contribution in [0.3, 0.4) is 0 Å². The summed E-state index contributed by atoms with van der Waals surface area (Å²) in [5.74, 6) is 0. The fraction of sp³-hybridized carbons (Fsp3) is 0.727. The highest BCUT2D eigenvalue weighted by atomic mass is 15.2. The molecule has 0 bridgehead atoms. The van der Waals surface area contributed by atoms with Crippen LogP contribution in [-0.2, 0) is 13.0 Å². The van der Waals surface area contributed by atoms with Gasteiger partial charge in [0.1, 0.15) is 0 Å². The lowest BCUT2D eigenvalue weighted by atomic mass is 10.2. The van der Waals surface area contributed by atoms with Crippen LogP contribution in [0.1, 0.15) is 31.7 Å². The summed E-state index contributed by atoms with van der Waals surface area (Å²) < 4.78 is 0. The molecule has 0 spiro atoms. The van der Waals surface area contributed by atoms with Crippen molar-refractivity contribution in [1.29, 1.82) is 0 Å². The molecule has 0 fully saturated rings. The van der Waals surface area contributed by atoms with Crippen LogP contribution in [0, 0.1) is 0 Å². The first-order valence-corrected chi connectivity index (χ1v) is 5.75. The fourth-order valence-corrected chi connectivity index (χ4v) is 1.65. The molecule has 0 aliphatic carbocycles. The van der Waals surface area contributed by atoms with E-state index in [1.165, 1.54) is 5.69 Å². The molecule has 3 N–H and O–H groups in total. The number of rotatable bonds is 7. The Hall–Kier alpha value is -0.870. The number of nitrogens with zero attached hydrogens (tertiary/aromatic N) is 2. The topological polar surface area (TPSA) is 57.9 Å². The highest BCUT2D eigenvalue weighted by Crippen LogP contribution is 2.05. The van der Waals surface area contributed by atoms with Gasteiger partial charge in [0, 0.05) is 25.3 Å². The van der Waals surface area contributed by atoms with Gasteiger partial charge in [-0.05, 0) is 19.0 Å². The standard InChI is InChI=1S/C11H22N4/c1-3-5-10-8-11(14-13-10)9-15(4-2)7-6-12/h8H,3-7,9,12H2,1-2H3,(H,13,14). The molecule has 0 amide bonds. The molecule has 0 saturated carbocycles. The average Bonchev–Trinajstić information content (AvgIpc) is 2.66. The monoisotopic (exact) mass is 210 g/mol. The number of aromatic nitrogens is 2. The highest BCUT2D eigenvalue weighted by molar-refractivity contribution is 5.08. The van der Waals surface area contributed by atoms with Crippen molar-refractivity contribution in [2.24, 2.45) is 5.73 Å². The summed E-state index contributed by atoms with van der Waals surface area (Å²) in [5, 5.41) is 7.35. The molecule has 0 atom stereocenters. The molecule has 0 saturated heterocycles. The summed E-state index contributed by atoms with van der Waals surface area (Å²) >= 11 is 0. The number of likely N-dealkylation sites (N-methyl/N-ethyl adjacent to an activating group) is 1. The zero-order chi connectivity index (χ0) is 11.1. The molecule has 4 heteroatoms. The molecule has 4 nitrogen and oxygen atoms in total. The van der Waals surface area contributed by atoms with Gasteiger partial charge in [0.05, 0.1) is 5.69 Å². The van der Waals surface area contributed by atoms with Crippen LogP contribution >= 0.6 is 0 Å². The van der Waals surface area contributed by atoms with Crippen LogP contribution in [0.2, 0.25) is 0 Å². The van der Waals surface area contributed by atoms with Crippen LogP contribution in [0.15, 0.2) is 6.07 Å². The largest absolute Gasteiger partial charge is 0.329 e. The smallest absolute Gasteiger partial charge is 0.0625 e. The molecule has 0 aromatic carbocycles. The van der Waals surface area contributed by atoms with Gasteiger partial charge in [-0.3, -0.25) is 10.00 Å². The third kappa shape index (κ3) is 4.01. The summed E-state index contributed by atoms with van der Waals surface area (Å²) in [7, 11) is 0. The number of aryl methyl sites for hydroxylation is 1. The molecular formula is C11H22N4. The van der Waals surface area contributed by atoms with E-state index in [0.717, 1.165) is 38.2 Å². The van der Waals surface area contributed by atoms with Gasteiger partial charge in [-0.25, -0.2) is 0 Å². The van der Waals surface area contributed by atoms with Gasteiger partial charge in [-0.2, -0.15) is 5.10 Å². The first kappa shape index (κ1) is 12.2. The van der Waals surface area contributed by atoms with Crippen LogP contribution in [-0.4, -0.2) is 34.7 Å². The first-order valence-electron chi connectivity index (χ1n) is 5.75. The fourth-order valence-electron chi connectivity index (χ4n) is 1.65. The number of H-pyrrole nitrogens is 1. The van der Waals surface area contributed by atoms with E-state index in [1.807, 2.05) is 0 Å². The second-order valence-electron chi connectivity index (χ2n) is 3.79. The van der Waals surface area contributed by atoms with E-state index in [9.17, 15) is 0 Å². The molecule has 0 unspecified atom stereocenters. The van der Waals surface area contributed by atoms with Crippen molar-refractivity contribution in [2.45, 2.75) is 33.2 Å². The Morgan fingerprint density at radius 1 is 1.47 bits per heavy atom. The molecule has 15 heavy (non-hydrogen) atoms. The Bertz CT molecular complexity index is 269. The Balaban J connectivity index is 2.47.